The van der Waals surface area contributed by atoms with Crippen molar-refractivity contribution in [1.82, 2.24) is 0 Å². The molecule has 242 valence electrons. The van der Waals surface area contributed by atoms with Crippen molar-refractivity contribution in [2.75, 3.05) is 35.2 Å². The van der Waals surface area contributed by atoms with Crippen LogP contribution in [-0.2, 0) is 0 Å². The number of carbonyl (C=O) groups excluding carboxylic acids is 4. The number of phenolic OH excluding ortho intramolecular Hbond substituents is 1. The summed E-state index contributed by atoms with van der Waals surface area (Å²) in [4.78, 5) is 51.3. The first-order chi connectivity index (χ1) is 22.7. The van der Waals surface area contributed by atoms with Crippen LogP contribution in [0.3, 0.4) is 0 Å². The number of unbranched alkanes of at least 4 members (excludes halogenated alkanes) is 4. The predicted octanol–water partition coefficient (Wildman–Crippen LogP) is 7.00. The molecule has 0 amide bonds. The van der Waals surface area contributed by atoms with E-state index in [4.69, 9.17) is 11.5 Å². The standard InChI is InChI=1S/C19H20N2O3.C19H20N2O2/c1-2-3-6-9-21-13-10-14(22)17(20)16-15(13)18(23)11-7-4-5-8-12(11)19(16)24;1-2-3-6-11-21-15-10-9-14(20)16-17(15)19(23)13-8-5-4-7-12(13)18(16)22/h4-5,7-8,10,21-22H,2-3,6,9,20H2,1H3;4-5,7-10,21H,2-3,6,11,20H2,1H3. The summed E-state index contributed by atoms with van der Waals surface area (Å²) < 4.78 is 0. The Balaban J connectivity index is 0.000000185. The van der Waals surface area contributed by atoms with Gasteiger partial charge in [0.2, 0.25) is 0 Å². The zero-order valence-electron chi connectivity index (χ0n) is 26.7. The van der Waals surface area contributed by atoms with Gasteiger partial charge in [0.25, 0.3) is 0 Å². The fourth-order valence-corrected chi connectivity index (χ4v) is 6.03. The number of rotatable bonds is 10. The number of nitrogen functional groups attached to an aromatic ring is 2. The number of nitrogens with one attached hydrogen (secondary N) is 2. The van der Waals surface area contributed by atoms with Crippen molar-refractivity contribution in [3.8, 4) is 5.75 Å². The number of hydrogen-bond donors (Lipinski definition) is 5. The molecule has 6 rings (SSSR count). The third kappa shape index (κ3) is 6.34. The Kier molecular flexibility index (Phi) is 10.0. The van der Waals surface area contributed by atoms with Crippen molar-refractivity contribution in [2.24, 2.45) is 0 Å². The Hall–Kier alpha value is -5.44. The minimum absolute atomic E-state index is 0.0445. The molecule has 0 fully saturated rings. The van der Waals surface area contributed by atoms with Gasteiger partial charge in [-0.3, -0.25) is 19.2 Å². The van der Waals surface area contributed by atoms with Gasteiger partial charge in [0.05, 0.1) is 27.9 Å². The zero-order valence-corrected chi connectivity index (χ0v) is 26.7. The third-order valence-corrected chi connectivity index (χ3v) is 8.52. The molecule has 0 bridgehead atoms. The highest BCUT2D eigenvalue weighted by Crippen LogP contribution is 2.40. The van der Waals surface area contributed by atoms with Crippen molar-refractivity contribution >= 4 is 45.9 Å². The van der Waals surface area contributed by atoms with E-state index >= 15 is 0 Å². The van der Waals surface area contributed by atoms with Crippen molar-refractivity contribution in [1.29, 1.82) is 0 Å². The molecule has 0 heterocycles. The van der Waals surface area contributed by atoms with Crippen LogP contribution >= 0.6 is 0 Å². The van der Waals surface area contributed by atoms with Crippen LogP contribution in [0.25, 0.3) is 0 Å². The lowest BCUT2D eigenvalue weighted by atomic mass is 9.82. The maximum absolute atomic E-state index is 12.9. The van der Waals surface area contributed by atoms with Crippen LogP contribution < -0.4 is 22.1 Å². The van der Waals surface area contributed by atoms with Crippen molar-refractivity contribution in [3.05, 3.63) is 111 Å². The van der Waals surface area contributed by atoms with Gasteiger partial charge in [-0.15, -0.1) is 0 Å². The van der Waals surface area contributed by atoms with Crippen LogP contribution in [0.15, 0.2) is 66.7 Å². The predicted molar refractivity (Wildman–Crippen MR) is 186 cm³/mol. The lowest BCUT2D eigenvalue weighted by Crippen LogP contribution is -2.24. The Bertz CT molecular complexity index is 1880. The van der Waals surface area contributed by atoms with Gasteiger partial charge in [-0.05, 0) is 25.0 Å². The molecule has 2 aliphatic carbocycles. The summed E-state index contributed by atoms with van der Waals surface area (Å²) in [5.74, 6) is -1.08. The molecule has 0 radical (unpaired) electrons. The molecular formula is C38H40N4O5. The van der Waals surface area contributed by atoms with Gasteiger partial charge in [0, 0.05) is 58.5 Å². The normalized spacial score (nSPS) is 12.7. The quantitative estimate of drug-likeness (QED) is 0.0607. The van der Waals surface area contributed by atoms with E-state index in [0.717, 1.165) is 45.1 Å². The van der Waals surface area contributed by atoms with Crippen LogP contribution in [0.1, 0.15) is 116 Å². The summed E-state index contributed by atoms with van der Waals surface area (Å²) in [6, 6.07) is 18.5. The van der Waals surface area contributed by atoms with Crippen molar-refractivity contribution in [3.63, 3.8) is 0 Å². The van der Waals surface area contributed by atoms with Gasteiger partial charge in [-0.1, -0.05) is 88.1 Å². The average Bonchev–Trinajstić information content (AvgIpc) is 3.08. The molecular weight excluding hydrogens is 592 g/mol. The molecule has 2 aliphatic rings. The molecule has 0 aromatic heterocycles. The number of hydrogen-bond acceptors (Lipinski definition) is 9. The largest absolute Gasteiger partial charge is 0.506 e. The number of nitrogens with two attached hydrogens (primary N) is 2. The van der Waals surface area contributed by atoms with Crippen LogP contribution in [0.5, 0.6) is 5.75 Å². The summed E-state index contributed by atoms with van der Waals surface area (Å²) in [5, 5.41) is 16.5. The Morgan fingerprint density at radius 3 is 1.47 bits per heavy atom. The number of aromatic hydroxyl groups is 1. The first-order valence-corrected chi connectivity index (χ1v) is 16.1. The molecule has 9 nitrogen and oxygen atoms in total. The maximum Gasteiger partial charge on any atom is 0.196 e. The summed E-state index contributed by atoms with van der Waals surface area (Å²) in [5.41, 5.74) is 16.0. The summed E-state index contributed by atoms with van der Waals surface area (Å²) in [6.45, 7) is 5.68. The van der Waals surface area contributed by atoms with Crippen LogP contribution in [-0.4, -0.2) is 41.3 Å². The van der Waals surface area contributed by atoms with E-state index in [9.17, 15) is 24.3 Å². The number of benzene rings is 4. The zero-order chi connectivity index (χ0) is 33.7. The first-order valence-electron chi connectivity index (χ1n) is 16.1. The number of fused-ring (bicyclic) bond motifs is 4. The van der Waals surface area contributed by atoms with Crippen LogP contribution in [0.2, 0.25) is 0 Å². The van der Waals surface area contributed by atoms with E-state index in [-0.39, 0.29) is 45.7 Å². The lowest BCUT2D eigenvalue weighted by molar-refractivity contribution is 0.0980. The second-order valence-corrected chi connectivity index (χ2v) is 11.7. The number of phenols is 1. The molecule has 0 aliphatic heterocycles. The fourth-order valence-electron chi connectivity index (χ4n) is 6.03. The maximum atomic E-state index is 12.9. The molecule has 0 atom stereocenters. The smallest absolute Gasteiger partial charge is 0.196 e. The average molecular weight is 633 g/mol. The minimum Gasteiger partial charge on any atom is -0.506 e. The fraction of sp³-hybridized carbons (Fsp3) is 0.263. The Morgan fingerprint density at radius 2 is 0.979 bits per heavy atom. The highest BCUT2D eigenvalue weighted by atomic mass is 16.3. The lowest BCUT2D eigenvalue weighted by Gasteiger charge is -2.23. The van der Waals surface area contributed by atoms with E-state index in [2.05, 4.69) is 24.5 Å². The molecule has 47 heavy (non-hydrogen) atoms. The van der Waals surface area contributed by atoms with Gasteiger partial charge in [0.15, 0.2) is 23.1 Å². The van der Waals surface area contributed by atoms with Gasteiger partial charge in [-0.2, -0.15) is 0 Å². The van der Waals surface area contributed by atoms with Crippen LogP contribution in [0, 0.1) is 0 Å². The second kappa shape index (κ2) is 14.3. The summed E-state index contributed by atoms with van der Waals surface area (Å²) >= 11 is 0. The molecule has 0 unspecified atom stereocenters. The molecule has 0 spiro atoms. The topological polar surface area (TPSA) is 165 Å². The molecule has 9 heteroatoms. The molecule has 7 N–H and O–H groups in total. The van der Waals surface area contributed by atoms with Gasteiger partial charge >= 0.3 is 0 Å². The van der Waals surface area contributed by atoms with E-state index in [0.29, 0.717) is 57.0 Å². The number of anilines is 4. The van der Waals surface area contributed by atoms with Crippen LogP contribution in [0.4, 0.5) is 22.7 Å². The third-order valence-electron chi connectivity index (χ3n) is 8.52. The molecule has 0 saturated carbocycles. The highest BCUT2D eigenvalue weighted by Gasteiger charge is 2.35. The summed E-state index contributed by atoms with van der Waals surface area (Å²) in [6.07, 6.45) is 6.36. The van der Waals surface area contributed by atoms with E-state index in [1.807, 2.05) is 0 Å². The van der Waals surface area contributed by atoms with E-state index < -0.39 is 0 Å². The molecule has 0 saturated heterocycles. The Morgan fingerprint density at radius 1 is 0.553 bits per heavy atom. The molecule has 4 aromatic carbocycles. The van der Waals surface area contributed by atoms with Crippen molar-refractivity contribution in [2.45, 2.75) is 52.4 Å². The first kappa shape index (κ1) is 32.9. The molecule has 4 aromatic rings. The number of ketones is 4. The van der Waals surface area contributed by atoms with E-state index in [1.165, 1.54) is 6.07 Å². The summed E-state index contributed by atoms with van der Waals surface area (Å²) in [7, 11) is 0. The van der Waals surface area contributed by atoms with Gasteiger partial charge in [-0.25, -0.2) is 0 Å². The number of carbonyl (C=O) groups is 4. The second-order valence-electron chi connectivity index (χ2n) is 11.7. The highest BCUT2D eigenvalue weighted by molar-refractivity contribution is 6.33. The minimum atomic E-state index is -0.329. The Labute approximate surface area is 274 Å². The monoisotopic (exact) mass is 632 g/mol. The van der Waals surface area contributed by atoms with Crippen molar-refractivity contribution < 1.29 is 24.3 Å². The van der Waals surface area contributed by atoms with Gasteiger partial charge < -0.3 is 27.2 Å². The SMILES string of the molecule is CCCCCNc1cc(O)c(N)c2c1C(=O)c1ccccc1C2=O.CCCCCNc1ccc(N)c2c1C(=O)c1ccccc1C2=O. The van der Waals surface area contributed by atoms with Gasteiger partial charge in [0.1, 0.15) is 5.75 Å². The van der Waals surface area contributed by atoms with E-state index in [1.54, 1.807) is 60.7 Å².